The highest BCUT2D eigenvalue weighted by Crippen LogP contribution is 2.53. The number of benzene rings is 1. The van der Waals surface area contributed by atoms with Gasteiger partial charge in [0.05, 0.1) is 0 Å². The fourth-order valence-electron chi connectivity index (χ4n) is 5.75. The van der Waals surface area contributed by atoms with Gasteiger partial charge in [-0.05, 0) is 60.6 Å². The Bertz CT molecular complexity index is 599. The normalized spacial score (nSPS) is 24.0. The monoisotopic (exact) mass is 358 g/mol. The summed E-state index contributed by atoms with van der Waals surface area (Å²) in [5.74, 6) is 0.979. The van der Waals surface area contributed by atoms with Gasteiger partial charge in [-0.15, -0.1) is 0 Å². The second kappa shape index (κ2) is 7.42. The average Bonchev–Trinajstić information content (AvgIpc) is 2.53. The smallest absolute Gasteiger partial charge is 0.117 e. The van der Waals surface area contributed by atoms with Gasteiger partial charge in [0.15, 0.2) is 0 Å². The van der Waals surface area contributed by atoms with Crippen molar-refractivity contribution in [3.63, 3.8) is 0 Å². The van der Waals surface area contributed by atoms with Crippen molar-refractivity contribution in [3.8, 4) is 5.75 Å². The van der Waals surface area contributed by atoms with Crippen molar-refractivity contribution in [3.05, 3.63) is 23.8 Å². The summed E-state index contributed by atoms with van der Waals surface area (Å²) in [5, 5.41) is 10.2. The van der Waals surface area contributed by atoms with Gasteiger partial charge < -0.3 is 10.0 Å². The molecule has 0 aromatic heterocycles. The molecule has 0 bridgehead atoms. The average molecular weight is 359 g/mol. The van der Waals surface area contributed by atoms with Crippen molar-refractivity contribution in [2.45, 2.75) is 66.2 Å². The second-order valence-corrected chi connectivity index (χ2v) is 10.2. The van der Waals surface area contributed by atoms with Crippen LogP contribution in [0.5, 0.6) is 5.75 Å². The van der Waals surface area contributed by atoms with E-state index in [4.69, 9.17) is 0 Å². The molecule has 3 rings (SSSR count). The number of nitrogens with zero attached hydrogens (tertiary/aromatic N) is 2. The second-order valence-electron chi connectivity index (χ2n) is 10.2. The molecular formula is C23H38N2O. The van der Waals surface area contributed by atoms with Gasteiger partial charge in [0.25, 0.3) is 0 Å². The van der Waals surface area contributed by atoms with E-state index in [2.05, 4.69) is 50.5 Å². The maximum absolute atomic E-state index is 10.2. The summed E-state index contributed by atoms with van der Waals surface area (Å²) in [6.07, 6.45) is 5.00. The van der Waals surface area contributed by atoms with Crippen LogP contribution >= 0.6 is 0 Å². The van der Waals surface area contributed by atoms with Crippen molar-refractivity contribution in [1.82, 2.24) is 4.90 Å². The topological polar surface area (TPSA) is 26.7 Å². The lowest BCUT2D eigenvalue weighted by molar-refractivity contribution is 0.0969. The van der Waals surface area contributed by atoms with E-state index in [9.17, 15) is 5.11 Å². The molecule has 1 heterocycles. The van der Waals surface area contributed by atoms with Crippen LogP contribution in [0, 0.1) is 10.8 Å². The molecule has 0 amide bonds. The fourth-order valence-corrected chi connectivity index (χ4v) is 5.75. The first-order chi connectivity index (χ1) is 12.2. The predicted molar refractivity (Wildman–Crippen MR) is 111 cm³/mol. The summed E-state index contributed by atoms with van der Waals surface area (Å²) >= 11 is 0. The molecule has 1 aromatic carbocycles. The Morgan fingerprint density at radius 3 is 2.19 bits per heavy atom. The molecule has 1 saturated carbocycles. The van der Waals surface area contributed by atoms with E-state index in [0.717, 1.165) is 26.2 Å². The molecule has 1 aliphatic heterocycles. The fraction of sp³-hybridized carbons (Fsp3) is 0.739. The molecule has 0 radical (unpaired) electrons. The molecule has 1 aliphatic carbocycles. The third kappa shape index (κ3) is 4.54. The van der Waals surface area contributed by atoms with E-state index in [0.29, 0.717) is 22.5 Å². The van der Waals surface area contributed by atoms with Crippen molar-refractivity contribution >= 4 is 5.69 Å². The Morgan fingerprint density at radius 1 is 1.00 bits per heavy atom. The molecule has 3 heteroatoms. The SMILES string of the molecule is CCCN1CCN(c2cc(O)ccc2C2CC(C)(C)CC(C)(C)C2)CC1. The van der Waals surface area contributed by atoms with E-state index >= 15 is 0 Å². The van der Waals surface area contributed by atoms with Crippen LogP contribution in [0.2, 0.25) is 0 Å². The number of aromatic hydroxyl groups is 1. The molecular weight excluding hydrogens is 320 g/mol. The van der Waals surface area contributed by atoms with Crippen LogP contribution in [-0.4, -0.2) is 42.7 Å². The number of piperazine rings is 1. The van der Waals surface area contributed by atoms with E-state index < -0.39 is 0 Å². The van der Waals surface area contributed by atoms with Gasteiger partial charge in [-0.2, -0.15) is 0 Å². The largest absolute Gasteiger partial charge is 0.508 e. The van der Waals surface area contributed by atoms with Gasteiger partial charge in [0, 0.05) is 37.9 Å². The summed E-state index contributed by atoms with van der Waals surface area (Å²) in [5.41, 5.74) is 3.48. The Kier molecular flexibility index (Phi) is 5.58. The number of hydrogen-bond acceptors (Lipinski definition) is 3. The summed E-state index contributed by atoms with van der Waals surface area (Å²) in [6.45, 7) is 17.5. The van der Waals surface area contributed by atoms with Gasteiger partial charge in [-0.1, -0.05) is 40.7 Å². The zero-order valence-electron chi connectivity index (χ0n) is 17.5. The zero-order valence-corrected chi connectivity index (χ0v) is 17.5. The number of rotatable bonds is 4. The van der Waals surface area contributed by atoms with E-state index in [1.165, 1.54) is 43.5 Å². The first-order valence-corrected chi connectivity index (χ1v) is 10.5. The first kappa shape index (κ1) is 19.5. The molecule has 0 spiro atoms. The van der Waals surface area contributed by atoms with Gasteiger partial charge in [-0.25, -0.2) is 0 Å². The molecule has 0 atom stereocenters. The number of hydrogen-bond donors (Lipinski definition) is 1. The lowest BCUT2D eigenvalue weighted by Gasteiger charge is -2.46. The summed E-state index contributed by atoms with van der Waals surface area (Å²) in [6, 6.07) is 6.10. The van der Waals surface area contributed by atoms with Crippen LogP contribution in [0.4, 0.5) is 5.69 Å². The molecule has 1 aromatic rings. The standard InChI is InChI=1S/C23H38N2O/c1-6-9-24-10-12-25(13-11-24)21-14-19(26)7-8-20(21)18-15-22(2,3)17-23(4,5)16-18/h7-8,14,18,26H,6,9-13,15-17H2,1-5H3. The van der Waals surface area contributed by atoms with Crippen LogP contribution in [0.15, 0.2) is 18.2 Å². The minimum absolute atomic E-state index is 0.376. The Hall–Kier alpha value is -1.22. The highest BCUT2D eigenvalue weighted by Gasteiger charge is 2.40. The maximum atomic E-state index is 10.2. The Balaban J connectivity index is 1.85. The van der Waals surface area contributed by atoms with Gasteiger partial charge in [-0.3, -0.25) is 4.90 Å². The molecule has 1 N–H and O–H groups in total. The lowest BCUT2D eigenvalue weighted by atomic mass is 9.60. The van der Waals surface area contributed by atoms with Crippen LogP contribution in [-0.2, 0) is 0 Å². The first-order valence-electron chi connectivity index (χ1n) is 10.5. The highest BCUT2D eigenvalue weighted by atomic mass is 16.3. The lowest BCUT2D eigenvalue weighted by Crippen LogP contribution is -2.47. The minimum Gasteiger partial charge on any atom is -0.508 e. The quantitative estimate of drug-likeness (QED) is 0.797. The van der Waals surface area contributed by atoms with Gasteiger partial charge >= 0.3 is 0 Å². The highest BCUT2D eigenvalue weighted by molar-refractivity contribution is 5.59. The Labute approximate surface area is 160 Å². The van der Waals surface area contributed by atoms with E-state index in [1.54, 1.807) is 0 Å². The number of anilines is 1. The van der Waals surface area contributed by atoms with Gasteiger partial charge in [0.2, 0.25) is 0 Å². The number of phenolic OH excluding ortho intramolecular Hbond substituents is 1. The molecule has 0 unspecified atom stereocenters. The summed E-state index contributed by atoms with van der Waals surface area (Å²) < 4.78 is 0. The summed E-state index contributed by atoms with van der Waals surface area (Å²) in [7, 11) is 0. The Morgan fingerprint density at radius 2 is 1.62 bits per heavy atom. The van der Waals surface area contributed by atoms with Crippen molar-refractivity contribution in [1.29, 1.82) is 0 Å². The molecule has 1 saturated heterocycles. The van der Waals surface area contributed by atoms with E-state index in [-0.39, 0.29) is 0 Å². The van der Waals surface area contributed by atoms with Crippen molar-refractivity contribution in [2.75, 3.05) is 37.6 Å². The van der Waals surface area contributed by atoms with Crippen molar-refractivity contribution < 1.29 is 5.11 Å². The van der Waals surface area contributed by atoms with E-state index in [1.807, 2.05) is 12.1 Å². The third-order valence-electron chi connectivity index (χ3n) is 6.26. The van der Waals surface area contributed by atoms with Crippen LogP contribution in [0.25, 0.3) is 0 Å². The predicted octanol–water partition coefficient (Wildman–Crippen LogP) is 5.24. The minimum atomic E-state index is 0.376. The molecule has 26 heavy (non-hydrogen) atoms. The molecule has 3 nitrogen and oxygen atoms in total. The van der Waals surface area contributed by atoms with Crippen LogP contribution in [0.3, 0.4) is 0 Å². The molecule has 2 aliphatic rings. The zero-order chi connectivity index (χ0) is 18.9. The van der Waals surface area contributed by atoms with Gasteiger partial charge in [0.1, 0.15) is 5.75 Å². The molecule has 2 fully saturated rings. The molecule has 146 valence electrons. The van der Waals surface area contributed by atoms with Crippen molar-refractivity contribution in [2.24, 2.45) is 10.8 Å². The van der Waals surface area contributed by atoms with Crippen LogP contribution in [0.1, 0.15) is 71.8 Å². The third-order valence-corrected chi connectivity index (χ3v) is 6.26. The summed E-state index contributed by atoms with van der Waals surface area (Å²) in [4.78, 5) is 5.07. The van der Waals surface area contributed by atoms with Crippen LogP contribution < -0.4 is 4.90 Å². The number of phenols is 1. The maximum Gasteiger partial charge on any atom is 0.117 e.